The molecule has 5 heteroatoms. The largest absolute Gasteiger partial charge is 0.381 e. The summed E-state index contributed by atoms with van der Waals surface area (Å²) in [4.78, 5) is 3.68. The number of aromatic nitrogens is 1. The van der Waals surface area contributed by atoms with E-state index >= 15 is 0 Å². The summed E-state index contributed by atoms with van der Waals surface area (Å²) in [6.45, 7) is 4.87. The number of nitrogen functional groups attached to an aromatic ring is 1. The van der Waals surface area contributed by atoms with Crippen molar-refractivity contribution in [1.29, 1.82) is 0 Å². The van der Waals surface area contributed by atoms with E-state index in [9.17, 15) is 8.78 Å². The number of pyridine rings is 1. The van der Waals surface area contributed by atoms with Crippen LogP contribution in [0.4, 0.5) is 20.4 Å². The Kier molecular flexibility index (Phi) is 5.82. The molecule has 3 nitrogen and oxygen atoms in total. The minimum atomic E-state index is -0.823. The Bertz CT molecular complexity index is 383. The lowest BCUT2D eigenvalue weighted by Gasteiger charge is -2.16. The van der Waals surface area contributed by atoms with Crippen LogP contribution >= 0.6 is 0 Å². The van der Waals surface area contributed by atoms with Gasteiger partial charge in [0.05, 0.1) is 0 Å². The van der Waals surface area contributed by atoms with Crippen LogP contribution in [0.2, 0.25) is 0 Å². The van der Waals surface area contributed by atoms with Crippen LogP contribution in [0.5, 0.6) is 0 Å². The van der Waals surface area contributed by atoms with Crippen molar-refractivity contribution in [1.82, 2.24) is 4.98 Å². The third kappa shape index (κ3) is 4.13. The lowest BCUT2D eigenvalue weighted by Crippen LogP contribution is -2.16. The van der Waals surface area contributed by atoms with Gasteiger partial charge in [0.25, 0.3) is 0 Å². The third-order valence-electron chi connectivity index (χ3n) is 3.06. The molecule has 1 unspecified atom stereocenters. The van der Waals surface area contributed by atoms with E-state index in [1.807, 2.05) is 0 Å². The zero-order valence-electron chi connectivity index (χ0n) is 11.0. The Hall–Kier alpha value is -1.39. The third-order valence-corrected chi connectivity index (χ3v) is 3.06. The first kappa shape index (κ1) is 14.7. The van der Waals surface area contributed by atoms with Crippen LogP contribution < -0.4 is 11.1 Å². The number of hydrogen-bond donors (Lipinski definition) is 2. The molecular formula is C13H21F2N3. The fourth-order valence-electron chi connectivity index (χ4n) is 1.79. The Morgan fingerprint density at radius 1 is 1.33 bits per heavy atom. The number of nitrogens with one attached hydrogen (secondary N) is 1. The summed E-state index contributed by atoms with van der Waals surface area (Å²) >= 11 is 0. The number of unbranched alkanes of at least 4 members (excludes halogenated alkanes) is 1. The van der Waals surface area contributed by atoms with Crippen molar-refractivity contribution in [2.24, 2.45) is 5.92 Å². The zero-order chi connectivity index (χ0) is 13.5. The number of rotatable bonds is 7. The van der Waals surface area contributed by atoms with E-state index < -0.39 is 11.6 Å². The Labute approximate surface area is 107 Å². The standard InChI is InChI=1S/C13H21F2N3/c1-3-5-6-9(4-2)8-17-13-11(15)7-10(14)12(16)18-13/h7,9H,3-6,8H2,1-2H3,(H3,16,17,18). The second-order valence-electron chi connectivity index (χ2n) is 4.48. The van der Waals surface area contributed by atoms with Crippen LogP contribution in [-0.2, 0) is 0 Å². The van der Waals surface area contributed by atoms with Gasteiger partial charge in [0.15, 0.2) is 23.3 Å². The van der Waals surface area contributed by atoms with Crippen LogP contribution in [0.1, 0.15) is 39.5 Å². The van der Waals surface area contributed by atoms with Crippen molar-refractivity contribution in [2.45, 2.75) is 39.5 Å². The van der Waals surface area contributed by atoms with Gasteiger partial charge >= 0.3 is 0 Å². The minimum Gasteiger partial charge on any atom is -0.381 e. The van der Waals surface area contributed by atoms with Gasteiger partial charge in [-0.05, 0) is 12.3 Å². The van der Waals surface area contributed by atoms with Crippen LogP contribution in [0.15, 0.2) is 6.07 Å². The molecule has 3 N–H and O–H groups in total. The highest BCUT2D eigenvalue weighted by atomic mass is 19.1. The van der Waals surface area contributed by atoms with Crippen LogP contribution in [-0.4, -0.2) is 11.5 Å². The van der Waals surface area contributed by atoms with Gasteiger partial charge in [0, 0.05) is 12.6 Å². The first-order valence-electron chi connectivity index (χ1n) is 6.43. The molecule has 0 spiro atoms. The molecule has 0 aromatic carbocycles. The minimum absolute atomic E-state index is 0.0313. The van der Waals surface area contributed by atoms with Crippen molar-refractivity contribution in [3.05, 3.63) is 17.7 Å². The Balaban J connectivity index is 2.59. The summed E-state index contributed by atoms with van der Waals surface area (Å²) < 4.78 is 26.4. The monoisotopic (exact) mass is 257 g/mol. The van der Waals surface area contributed by atoms with Crippen molar-refractivity contribution in [2.75, 3.05) is 17.6 Å². The second kappa shape index (κ2) is 7.13. The average molecular weight is 257 g/mol. The van der Waals surface area contributed by atoms with E-state index in [2.05, 4.69) is 24.1 Å². The first-order chi connectivity index (χ1) is 8.58. The molecule has 1 heterocycles. The average Bonchev–Trinajstić information content (AvgIpc) is 2.35. The molecule has 0 fully saturated rings. The number of nitrogens with two attached hydrogens (primary N) is 1. The summed E-state index contributed by atoms with van der Waals surface area (Å²) in [6, 6.07) is 0.762. The van der Waals surface area contributed by atoms with Crippen molar-refractivity contribution in [3.63, 3.8) is 0 Å². The molecule has 1 rings (SSSR count). The molecule has 0 saturated carbocycles. The Morgan fingerprint density at radius 3 is 2.67 bits per heavy atom. The quantitative estimate of drug-likeness (QED) is 0.785. The van der Waals surface area contributed by atoms with Gasteiger partial charge in [-0.3, -0.25) is 0 Å². The highest BCUT2D eigenvalue weighted by molar-refractivity contribution is 5.44. The van der Waals surface area contributed by atoms with Crippen LogP contribution in [0.25, 0.3) is 0 Å². The van der Waals surface area contributed by atoms with Gasteiger partial charge in [0.1, 0.15) is 0 Å². The summed E-state index contributed by atoms with van der Waals surface area (Å²) in [7, 11) is 0. The van der Waals surface area contributed by atoms with Gasteiger partial charge in [0.2, 0.25) is 0 Å². The van der Waals surface area contributed by atoms with Gasteiger partial charge in [-0.1, -0.05) is 33.1 Å². The highest BCUT2D eigenvalue weighted by Crippen LogP contribution is 2.18. The molecule has 18 heavy (non-hydrogen) atoms. The summed E-state index contributed by atoms with van der Waals surface area (Å²) in [5, 5.41) is 2.91. The summed E-state index contributed by atoms with van der Waals surface area (Å²) in [5.41, 5.74) is 5.32. The topological polar surface area (TPSA) is 50.9 Å². The van der Waals surface area contributed by atoms with Gasteiger partial charge < -0.3 is 11.1 Å². The fourth-order valence-corrected chi connectivity index (χ4v) is 1.79. The van der Waals surface area contributed by atoms with E-state index in [-0.39, 0.29) is 11.6 Å². The number of anilines is 2. The maximum atomic E-state index is 13.4. The number of hydrogen-bond acceptors (Lipinski definition) is 3. The molecule has 0 amide bonds. The first-order valence-corrected chi connectivity index (χ1v) is 6.43. The Morgan fingerprint density at radius 2 is 2.06 bits per heavy atom. The van der Waals surface area contributed by atoms with Gasteiger partial charge in [-0.25, -0.2) is 13.8 Å². The highest BCUT2D eigenvalue weighted by Gasteiger charge is 2.11. The maximum Gasteiger partial charge on any atom is 0.168 e. The normalized spacial score (nSPS) is 12.4. The van der Waals surface area contributed by atoms with E-state index in [4.69, 9.17) is 5.73 Å². The molecule has 0 aliphatic rings. The van der Waals surface area contributed by atoms with E-state index in [1.54, 1.807) is 0 Å². The fraction of sp³-hybridized carbons (Fsp3) is 0.615. The molecule has 1 aromatic heterocycles. The lowest BCUT2D eigenvalue weighted by atomic mass is 9.99. The number of halogens is 2. The van der Waals surface area contributed by atoms with Crippen LogP contribution in [0.3, 0.4) is 0 Å². The molecule has 1 aromatic rings. The van der Waals surface area contributed by atoms with Crippen molar-refractivity contribution >= 4 is 11.6 Å². The molecule has 1 atom stereocenters. The molecule has 0 saturated heterocycles. The van der Waals surface area contributed by atoms with Gasteiger partial charge in [-0.2, -0.15) is 0 Å². The van der Waals surface area contributed by atoms with Crippen molar-refractivity contribution < 1.29 is 8.78 Å². The predicted octanol–water partition coefficient (Wildman–Crippen LogP) is 3.57. The molecule has 102 valence electrons. The van der Waals surface area contributed by atoms with Crippen molar-refractivity contribution in [3.8, 4) is 0 Å². The molecule has 0 bridgehead atoms. The molecule has 0 aliphatic heterocycles. The molecular weight excluding hydrogens is 236 g/mol. The molecule has 0 radical (unpaired) electrons. The van der Waals surface area contributed by atoms with E-state index in [0.29, 0.717) is 12.5 Å². The van der Waals surface area contributed by atoms with Gasteiger partial charge in [-0.15, -0.1) is 0 Å². The smallest absolute Gasteiger partial charge is 0.168 e. The maximum absolute atomic E-state index is 13.4. The summed E-state index contributed by atoms with van der Waals surface area (Å²) in [5.74, 6) is -1.30. The molecule has 0 aliphatic carbocycles. The lowest BCUT2D eigenvalue weighted by molar-refractivity contribution is 0.470. The zero-order valence-corrected chi connectivity index (χ0v) is 11.0. The SMILES string of the molecule is CCCCC(CC)CNc1nc(N)c(F)cc1F. The second-order valence-corrected chi connectivity index (χ2v) is 4.48. The van der Waals surface area contributed by atoms with E-state index in [0.717, 1.165) is 31.7 Å². The van der Waals surface area contributed by atoms with Crippen LogP contribution in [0, 0.1) is 17.6 Å². The number of nitrogens with zero attached hydrogens (tertiary/aromatic N) is 1. The van der Waals surface area contributed by atoms with E-state index in [1.165, 1.54) is 0 Å². The summed E-state index contributed by atoms with van der Waals surface area (Å²) in [6.07, 6.45) is 4.41. The predicted molar refractivity (Wildman–Crippen MR) is 70.4 cm³/mol.